The largest absolute Gasteiger partial charge is 0.351 e. The summed E-state index contributed by atoms with van der Waals surface area (Å²) >= 11 is 0. The molecule has 0 bridgehead atoms. The summed E-state index contributed by atoms with van der Waals surface area (Å²) < 4.78 is 0. The number of H-pyrrole nitrogens is 1. The Morgan fingerprint density at radius 1 is 0.800 bits per heavy atom. The first kappa shape index (κ1) is 18.4. The van der Waals surface area contributed by atoms with Gasteiger partial charge in [0.05, 0.1) is 0 Å². The van der Waals surface area contributed by atoms with Crippen LogP contribution in [0.2, 0.25) is 0 Å². The second-order valence-corrected chi connectivity index (χ2v) is 7.60. The zero-order valence-corrected chi connectivity index (χ0v) is 16.5. The van der Waals surface area contributed by atoms with Crippen molar-refractivity contribution < 1.29 is 9.59 Å². The number of carbonyl (C=O) groups is 2. The van der Waals surface area contributed by atoms with Crippen molar-refractivity contribution in [2.75, 3.05) is 26.2 Å². The summed E-state index contributed by atoms with van der Waals surface area (Å²) in [5.41, 5.74) is 2.18. The third-order valence-electron chi connectivity index (χ3n) is 5.76. The Hall–Kier alpha value is -3.67. The molecule has 0 radical (unpaired) electrons. The number of amides is 2. The summed E-state index contributed by atoms with van der Waals surface area (Å²) in [7, 11) is 0. The monoisotopic (exact) mass is 398 g/mol. The fourth-order valence-electron chi connectivity index (χ4n) is 4.17. The van der Waals surface area contributed by atoms with Gasteiger partial charge in [0.2, 0.25) is 0 Å². The fraction of sp³-hybridized carbons (Fsp3) is 0.208. The fourth-order valence-corrected chi connectivity index (χ4v) is 4.17. The Bertz CT molecular complexity index is 1230. The maximum absolute atomic E-state index is 13.2. The van der Waals surface area contributed by atoms with Crippen LogP contribution in [0.1, 0.15) is 27.3 Å². The molecule has 5 rings (SSSR count). The Morgan fingerprint density at radius 2 is 1.53 bits per heavy atom. The van der Waals surface area contributed by atoms with Gasteiger partial charge in [-0.1, -0.05) is 30.3 Å². The normalized spacial score (nSPS) is 14.8. The predicted octanol–water partition coefficient (Wildman–Crippen LogP) is 3.70. The van der Waals surface area contributed by atoms with Gasteiger partial charge in [-0.05, 0) is 41.5 Å². The van der Waals surface area contributed by atoms with E-state index in [1.54, 1.807) is 24.5 Å². The molecule has 2 aromatic carbocycles. The summed E-state index contributed by atoms with van der Waals surface area (Å²) in [5, 5.41) is 3.35. The van der Waals surface area contributed by atoms with Crippen molar-refractivity contribution in [1.82, 2.24) is 19.8 Å². The van der Waals surface area contributed by atoms with Crippen LogP contribution in [-0.2, 0) is 0 Å². The van der Waals surface area contributed by atoms with E-state index in [1.807, 2.05) is 34.1 Å². The van der Waals surface area contributed by atoms with Crippen molar-refractivity contribution in [3.8, 4) is 0 Å². The van der Waals surface area contributed by atoms with Gasteiger partial charge in [0.25, 0.3) is 11.8 Å². The summed E-state index contributed by atoms with van der Waals surface area (Å²) in [6.07, 6.45) is 4.01. The van der Waals surface area contributed by atoms with Gasteiger partial charge in [-0.2, -0.15) is 0 Å². The molecular weight excluding hydrogens is 376 g/mol. The smallest absolute Gasteiger partial charge is 0.270 e. The number of rotatable bonds is 2. The van der Waals surface area contributed by atoms with E-state index in [0.717, 1.165) is 28.1 Å². The quantitative estimate of drug-likeness (QED) is 0.560. The zero-order valence-electron chi connectivity index (χ0n) is 16.5. The lowest BCUT2D eigenvalue weighted by molar-refractivity contribution is 0.0716. The molecule has 4 aromatic rings. The lowest BCUT2D eigenvalue weighted by atomic mass is 10.1. The number of hydrogen-bond acceptors (Lipinski definition) is 3. The van der Waals surface area contributed by atoms with Crippen LogP contribution in [-0.4, -0.2) is 57.8 Å². The molecule has 2 aromatic heterocycles. The summed E-state index contributed by atoms with van der Waals surface area (Å²) in [5.74, 6) is -0.0303. The zero-order chi connectivity index (χ0) is 20.5. The second kappa shape index (κ2) is 7.63. The maximum atomic E-state index is 13.2. The molecule has 150 valence electrons. The van der Waals surface area contributed by atoms with Crippen molar-refractivity contribution in [1.29, 1.82) is 0 Å². The molecule has 6 heteroatoms. The molecule has 1 aliphatic rings. The van der Waals surface area contributed by atoms with E-state index >= 15 is 0 Å². The molecule has 0 atom stereocenters. The van der Waals surface area contributed by atoms with Crippen LogP contribution < -0.4 is 0 Å². The van der Waals surface area contributed by atoms with E-state index in [2.05, 4.69) is 28.2 Å². The van der Waals surface area contributed by atoms with E-state index < -0.39 is 0 Å². The highest BCUT2D eigenvalue weighted by molar-refractivity contribution is 6.09. The van der Waals surface area contributed by atoms with Crippen LogP contribution >= 0.6 is 0 Å². The van der Waals surface area contributed by atoms with Crippen LogP contribution in [0.15, 0.2) is 67.0 Å². The molecule has 1 saturated heterocycles. The van der Waals surface area contributed by atoms with Crippen molar-refractivity contribution in [3.63, 3.8) is 0 Å². The predicted molar refractivity (Wildman–Crippen MR) is 116 cm³/mol. The second-order valence-electron chi connectivity index (χ2n) is 7.60. The Morgan fingerprint density at radius 3 is 2.33 bits per heavy atom. The van der Waals surface area contributed by atoms with Crippen molar-refractivity contribution in [2.24, 2.45) is 0 Å². The molecule has 1 aliphatic heterocycles. The molecule has 1 N–H and O–H groups in total. The van der Waals surface area contributed by atoms with Crippen molar-refractivity contribution in [2.45, 2.75) is 6.42 Å². The summed E-state index contributed by atoms with van der Waals surface area (Å²) in [6.45, 7) is 2.32. The number of fused-ring (bicyclic) bond motifs is 3. The third-order valence-corrected chi connectivity index (χ3v) is 5.76. The number of nitrogens with one attached hydrogen (secondary N) is 1. The lowest BCUT2D eigenvalue weighted by Gasteiger charge is -2.22. The minimum Gasteiger partial charge on any atom is -0.351 e. The number of carbonyl (C=O) groups excluding carboxylic acids is 2. The summed E-state index contributed by atoms with van der Waals surface area (Å²) in [6, 6.07) is 17.7. The molecule has 0 unspecified atom stereocenters. The minimum absolute atomic E-state index is 0.0104. The number of pyridine rings is 1. The van der Waals surface area contributed by atoms with Gasteiger partial charge >= 0.3 is 0 Å². The highest BCUT2D eigenvalue weighted by Gasteiger charge is 2.24. The van der Waals surface area contributed by atoms with Gasteiger partial charge in [-0.3, -0.25) is 14.6 Å². The average Bonchev–Trinajstić information content (AvgIpc) is 3.09. The first-order valence-electron chi connectivity index (χ1n) is 10.2. The first-order chi connectivity index (χ1) is 14.7. The highest BCUT2D eigenvalue weighted by Crippen LogP contribution is 2.26. The molecule has 0 aliphatic carbocycles. The van der Waals surface area contributed by atoms with E-state index in [4.69, 9.17) is 0 Å². The number of benzene rings is 2. The standard InChI is InChI=1S/C24H22N4O2/c29-23(18-8-10-25-11-9-18)27-12-3-13-28(15-14-27)24(30)22-16-20-19-5-2-1-4-17(19)6-7-21(20)26-22/h1-2,4-11,16,26H,3,12-15H2. The van der Waals surface area contributed by atoms with Gasteiger partial charge in [0.15, 0.2) is 0 Å². The van der Waals surface area contributed by atoms with Gasteiger partial charge in [0.1, 0.15) is 5.69 Å². The van der Waals surface area contributed by atoms with Crippen LogP contribution in [0.3, 0.4) is 0 Å². The maximum Gasteiger partial charge on any atom is 0.270 e. The van der Waals surface area contributed by atoms with Crippen LogP contribution in [0.5, 0.6) is 0 Å². The number of nitrogens with zero attached hydrogens (tertiary/aromatic N) is 3. The summed E-state index contributed by atoms with van der Waals surface area (Å²) in [4.78, 5) is 36.8. The molecule has 0 saturated carbocycles. The third kappa shape index (κ3) is 3.30. The van der Waals surface area contributed by atoms with Crippen LogP contribution in [0, 0.1) is 0 Å². The molecule has 0 spiro atoms. The number of aromatic nitrogens is 2. The van der Waals surface area contributed by atoms with Gasteiger partial charge < -0.3 is 14.8 Å². The Balaban J connectivity index is 1.35. The SMILES string of the molecule is O=C(c1ccncc1)N1CCCN(C(=O)c2cc3c(ccc4ccccc43)[nH]2)CC1. The topological polar surface area (TPSA) is 69.3 Å². The van der Waals surface area contributed by atoms with Crippen LogP contribution in [0.25, 0.3) is 21.7 Å². The Labute approximate surface area is 174 Å². The molecule has 3 heterocycles. The minimum atomic E-state index is -0.0199. The molecular formula is C24H22N4O2. The Kier molecular flexibility index (Phi) is 4.67. The van der Waals surface area contributed by atoms with Gasteiger partial charge in [0, 0.05) is 55.0 Å². The van der Waals surface area contributed by atoms with Crippen LogP contribution in [0.4, 0.5) is 0 Å². The van der Waals surface area contributed by atoms with E-state index in [0.29, 0.717) is 37.4 Å². The number of hydrogen-bond donors (Lipinski definition) is 1. The van der Waals surface area contributed by atoms with Crippen molar-refractivity contribution >= 4 is 33.5 Å². The molecule has 6 nitrogen and oxygen atoms in total. The first-order valence-corrected chi connectivity index (χ1v) is 10.2. The van der Waals surface area contributed by atoms with E-state index in [9.17, 15) is 9.59 Å². The van der Waals surface area contributed by atoms with Gasteiger partial charge in [-0.15, -0.1) is 0 Å². The van der Waals surface area contributed by atoms with Crippen molar-refractivity contribution in [3.05, 3.63) is 78.2 Å². The molecule has 30 heavy (non-hydrogen) atoms. The molecule has 1 fully saturated rings. The van der Waals surface area contributed by atoms with Gasteiger partial charge in [-0.25, -0.2) is 0 Å². The molecule has 2 amide bonds. The lowest BCUT2D eigenvalue weighted by Crippen LogP contribution is -2.37. The van der Waals surface area contributed by atoms with E-state index in [1.165, 1.54) is 0 Å². The number of aromatic amines is 1. The highest BCUT2D eigenvalue weighted by atomic mass is 16.2. The van der Waals surface area contributed by atoms with E-state index in [-0.39, 0.29) is 11.8 Å². The average molecular weight is 398 g/mol.